The molecule has 3 aromatic rings. The number of aryl methyl sites for hydroxylation is 1. The van der Waals surface area contributed by atoms with Gasteiger partial charge in [-0.2, -0.15) is 0 Å². The normalized spacial score (nSPS) is 10.7. The molecule has 0 aliphatic heterocycles. The first-order chi connectivity index (χ1) is 13.1. The van der Waals surface area contributed by atoms with E-state index in [-0.39, 0.29) is 17.4 Å². The van der Waals surface area contributed by atoms with Crippen LogP contribution in [0.15, 0.2) is 54.9 Å². The molecule has 0 saturated heterocycles. The van der Waals surface area contributed by atoms with Crippen molar-refractivity contribution in [3.05, 3.63) is 65.3 Å². The van der Waals surface area contributed by atoms with Crippen LogP contribution in [0, 0.1) is 0 Å². The average Bonchev–Trinajstić information content (AvgIpc) is 3.14. The van der Waals surface area contributed by atoms with Crippen molar-refractivity contribution >= 4 is 17.2 Å². The highest BCUT2D eigenvalue weighted by atomic mass is 32.1. The van der Waals surface area contributed by atoms with Crippen molar-refractivity contribution in [1.29, 1.82) is 0 Å². The molecule has 0 bridgehead atoms. The van der Waals surface area contributed by atoms with Crippen LogP contribution in [0.4, 0.5) is 0 Å². The Morgan fingerprint density at radius 2 is 1.96 bits per heavy atom. The lowest BCUT2D eigenvalue weighted by Crippen LogP contribution is -2.25. The number of pyridine rings is 1. The van der Waals surface area contributed by atoms with Crippen LogP contribution < -0.4 is 5.32 Å². The molecule has 1 amide bonds. The molecule has 3 N–H and O–H groups in total. The van der Waals surface area contributed by atoms with Gasteiger partial charge in [0.1, 0.15) is 0 Å². The highest BCUT2D eigenvalue weighted by molar-refractivity contribution is 7.15. The summed E-state index contributed by atoms with van der Waals surface area (Å²) < 4.78 is 0. The molecule has 5 nitrogen and oxygen atoms in total. The van der Waals surface area contributed by atoms with Crippen molar-refractivity contribution in [2.45, 2.75) is 25.7 Å². The van der Waals surface area contributed by atoms with E-state index in [1.165, 1.54) is 21.9 Å². The maximum absolute atomic E-state index is 12.0. The van der Waals surface area contributed by atoms with Crippen molar-refractivity contribution in [3.63, 3.8) is 0 Å². The van der Waals surface area contributed by atoms with Gasteiger partial charge in [-0.25, -0.2) is 0 Å². The topological polar surface area (TPSA) is 82.5 Å². The van der Waals surface area contributed by atoms with Crippen LogP contribution in [0.1, 0.15) is 23.3 Å². The van der Waals surface area contributed by atoms with Crippen LogP contribution in [-0.4, -0.2) is 27.6 Å². The number of carbonyl (C=O) groups is 1. The first-order valence-electron chi connectivity index (χ1n) is 8.88. The van der Waals surface area contributed by atoms with Gasteiger partial charge in [0.25, 0.3) is 0 Å². The number of benzene rings is 1. The second-order valence-corrected chi connectivity index (χ2v) is 7.45. The van der Waals surface area contributed by atoms with Crippen molar-refractivity contribution in [1.82, 2.24) is 10.3 Å². The van der Waals surface area contributed by atoms with Gasteiger partial charge in [-0.3, -0.25) is 9.78 Å². The molecule has 3 rings (SSSR count). The number of carbonyl (C=O) groups excluding carboxylic acids is 1. The van der Waals surface area contributed by atoms with Gasteiger partial charge in [0.15, 0.2) is 11.5 Å². The first-order valence-corrected chi connectivity index (χ1v) is 9.70. The van der Waals surface area contributed by atoms with Crippen LogP contribution >= 0.6 is 11.3 Å². The summed E-state index contributed by atoms with van der Waals surface area (Å²) >= 11 is 1.74. The minimum absolute atomic E-state index is 0.0297. The quantitative estimate of drug-likeness (QED) is 0.516. The highest BCUT2D eigenvalue weighted by Crippen LogP contribution is 2.28. The molecule has 1 aromatic carbocycles. The average molecular weight is 382 g/mol. The van der Waals surface area contributed by atoms with E-state index in [0.717, 1.165) is 24.0 Å². The summed E-state index contributed by atoms with van der Waals surface area (Å²) in [6, 6.07) is 12.9. The van der Waals surface area contributed by atoms with E-state index < -0.39 is 0 Å². The lowest BCUT2D eigenvalue weighted by atomic mass is 10.1. The molecular weight excluding hydrogens is 360 g/mol. The fourth-order valence-corrected chi connectivity index (χ4v) is 3.80. The predicted molar refractivity (Wildman–Crippen MR) is 107 cm³/mol. The molecule has 2 heterocycles. The molecule has 0 unspecified atom stereocenters. The van der Waals surface area contributed by atoms with Crippen LogP contribution in [0.3, 0.4) is 0 Å². The second kappa shape index (κ2) is 9.19. The fraction of sp³-hybridized carbons (Fsp3) is 0.238. The Labute approximate surface area is 162 Å². The Morgan fingerprint density at radius 3 is 2.74 bits per heavy atom. The number of nitrogens with zero attached hydrogens (tertiary/aromatic N) is 1. The molecule has 140 valence electrons. The molecule has 0 spiro atoms. The zero-order valence-corrected chi connectivity index (χ0v) is 15.7. The molecule has 0 aliphatic rings. The minimum atomic E-state index is -0.138. The Balaban J connectivity index is 1.37. The third kappa shape index (κ3) is 5.56. The molecule has 0 radical (unpaired) electrons. The number of nitrogens with one attached hydrogen (secondary N) is 1. The van der Waals surface area contributed by atoms with Crippen LogP contribution in [0.25, 0.3) is 10.4 Å². The predicted octanol–water partition coefficient (Wildman–Crippen LogP) is 3.90. The summed E-state index contributed by atoms with van der Waals surface area (Å²) in [4.78, 5) is 18.6. The van der Waals surface area contributed by atoms with Crippen molar-refractivity contribution < 1.29 is 15.0 Å². The molecule has 27 heavy (non-hydrogen) atoms. The Kier molecular flexibility index (Phi) is 6.44. The van der Waals surface area contributed by atoms with Crippen molar-refractivity contribution in [2.24, 2.45) is 0 Å². The van der Waals surface area contributed by atoms with Gasteiger partial charge in [-0.15, -0.1) is 11.3 Å². The highest BCUT2D eigenvalue weighted by Gasteiger charge is 2.06. The largest absolute Gasteiger partial charge is 0.504 e. The van der Waals surface area contributed by atoms with Crippen LogP contribution in [-0.2, 0) is 17.6 Å². The zero-order chi connectivity index (χ0) is 19.1. The first kappa shape index (κ1) is 18.9. The summed E-state index contributed by atoms with van der Waals surface area (Å²) in [6.07, 6.45) is 6.40. The van der Waals surface area contributed by atoms with E-state index in [0.29, 0.717) is 19.4 Å². The minimum Gasteiger partial charge on any atom is -0.504 e. The summed E-state index contributed by atoms with van der Waals surface area (Å²) in [6.45, 7) is 0.507. The molecule has 2 aromatic heterocycles. The van der Waals surface area contributed by atoms with E-state index in [1.807, 2.05) is 18.3 Å². The number of hydrogen-bond donors (Lipinski definition) is 3. The lowest BCUT2D eigenvalue weighted by molar-refractivity contribution is -0.121. The Morgan fingerprint density at radius 1 is 1.07 bits per heavy atom. The molecule has 0 atom stereocenters. The van der Waals surface area contributed by atoms with Gasteiger partial charge in [0.2, 0.25) is 5.91 Å². The van der Waals surface area contributed by atoms with Gasteiger partial charge >= 0.3 is 0 Å². The van der Waals surface area contributed by atoms with E-state index in [9.17, 15) is 15.0 Å². The van der Waals surface area contributed by atoms with Gasteiger partial charge in [0.05, 0.1) is 0 Å². The fourth-order valence-electron chi connectivity index (χ4n) is 2.76. The van der Waals surface area contributed by atoms with Crippen LogP contribution in [0.2, 0.25) is 0 Å². The lowest BCUT2D eigenvalue weighted by Gasteiger charge is -2.06. The number of thiophene rings is 1. The number of aromatic hydroxyl groups is 2. The van der Waals surface area contributed by atoms with Crippen LogP contribution in [0.5, 0.6) is 11.5 Å². The summed E-state index contributed by atoms with van der Waals surface area (Å²) in [5.74, 6) is -0.245. The molecule has 0 saturated carbocycles. The summed E-state index contributed by atoms with van der Waals surface area (Å²) in [5.41, 5.74) is 1.99. The number of phenolic OH excluding ortho intramolecular Hbond substituents is 2. The number of aromatic nitrogens is 1. The smallest absolute Gasteiger partial charge is 0.220 e. The monoisotopic (exact) mass is 382 g/mol. The van der Waals surface area contributed by atoms with Gasteiger partial charge < -0.3 is 15.5 Å². The summed E-state index contributed by atoms with van der Waals surface area (Å²) in [5, 5.41) is 21.7. The van der Waals surface area contributed by atoms with Gasteiger partial charge in [-0.05, 0) is 55.2 Å². The van der Waals surface area contributed by atoms with E-state index in [2.05, 4.69) is 22.4 Å². The number of hydrogen-bond acceptors (Lipinski definition) is 5. The number of rotatable bonds is 8. The SMILES string of the molecule is O=C(CCCc1ccc(-c2cccnc2)s1)NCCc1ccc(O)c(O)c1. The maximum atomic E-state index is 12.0. The number of amides is 1. The third-order valence-corrected chi connectivity index (χ3v) is 5.40. The van der Waals surface area contributed by atoms with Gasteiger partial charge in [0, 0.05) is 40.7 Å². The zero-order valence-electron chi connectivity index (χ0n) is 14.9. The second-order valence-electron chi connectivity index (χ2n) is 6.28. The standard InChI is InChI=1S/C21H22N2O3S/c24-18-8-6-15(13-19(18)25)10-12-23-21(26)5-1-4-17-7-9-20(27-17)16-3-2-11-22-14-16/h2-3,6-9,11,13-14,24-25H,1,4-5,10,12H2,(H,23,26). The molecule has 6 heteroatoms. The Bertz CT molecular complexity index is 893. The Hall–Kier alpha value is -2.86. The van der Waals surface area contributed by atoms with Gasteiger partial charge in [-0.1, -0.05) is 12.1 Å². The maximum Gasteiger partial charge on any atom is 0.220 e. The molecular formula is C21H22N2O3S. The molecule has 0 aliphatic carbocycles. The van der Waals surface area contributed by atoms with Crippen molar-refractivity contribution in [3.8, 4) is 21.9 Å². The van der Waals surface area contributed by atoms with E-state index in [1.54, 1.807) is 23.6 Å². The summed E-state index contributed by atoms with van der Waals surface area (Å²) in [7, 11) is 0. The third-order valence-electron chi connectivity index (χ3n) is 4.21. The van der Waals surface area contributed by atoms with E-state index >= 15 is 0 Å². The van der Waals surface area contributed by atoms with E-state index in [4.69, 9.17) is 0 Å². The molecule has 0 fully saturated rings. The number of phenols is 2. The van der Waals surface area contributed by atoms with Crippen molar-refractivity contribution in [2.75, 3.05) is 6.54 Å².